The average molecular weight is 400 g/mol. The van der Waals surface area contributed by atoms with Crippen molar-refractivity contribution in [1.82, 2.24) is 4.90 Å². The third-order valence-electron chi connectivity index (χ3n) is 3.31. The first-order valence-corrected chi connectivity index (χ1v) is 7.83. The minimum absolute atomic E-state index is 0.0632. The Bertz CT molecular complexity index is 725. The van der Waals surface area contributed by atoms with Crippen LogP contribution in [0.2, 0.25) is 0 Å². The van der Waals surface area contributed by atoms with Gasteiger partial charge < -0.3 is 14.4 Å². The molecule has 0 aliphatic heterocycles. The van der Waals surface area contributed by atoms with Crippen molar-refractivity contribution in [3.05, 3.63) is 58.1 Å². The normalized spacial score (nSPS) is 10.6. The van der Waals surface area contributed by atoms with E-state index in [1.165, 1.54) is 24.1 Å². The molecule has 128 valence electrons. The Morgan fingerprint density at radius 1 is 1.21 bits per heavy atom. The van der Waals surface area contributed by atoms with Crippen LogP contribution in [0.15, 0.2) is 46.9 Å². The van der Waals surface area contributed by atoms with Gasteiger partial charge in [-0.2, -0.15) is 8.78 Å². The highest BCUT2D eigenvalue weighted by Crippen LogP contribution is 2.30. The van der Waals surface area contributed by atoms with E-state index >= 15 is 0 Å². The van der Waals surface area contributed by atoms with Crippen LogP contribution < -0.4 is 9.47 Å². The number of hydrogen-bond acceptors (Lipinski definition) is 3. The first-order chi connectivity index (χ1) is 11.4. The summed E-state index contributed by atoms with van der Waals surface area (Å²) >= 11 is 3.34. The highest BCUT2D eigenvalue weighted by atomic mass is 79.9. The largest absolute Gasteiger partial charge is 0.493 e. The van der Waals surface area contributed by atoms with E-state index in [-0.39, 0.29) is 24.0 Å². The van der Waals surface area contributed by atoms with Gasteiger partial charge in [-0.05, 0) is 45.8 Å². The Morgan fingerprint density at radius 3 is 2.54 bits per heavy atom. The molecule has 2 rings (SSSR count). The zero-order valence-electron chi connectivity index (χ0n) is 13.1. The molecule has 0 aliphatic rings. The van der Waals surface area contributed by atoms with Gasteiger partial charge in [-0.1, -0.05) is 18.2 Å². The lowest BCUT2D eigenvalue weighted by atomic mass is 10.1. The first-order valence-electron chi connectivity index (χ1n) is 7.04. The molecule has 4 nitrogen and oxygen atoms in total. The van der Waals surface area contributed by atoms with Crippen LogP contribution >= 0.6 is 15.9 Å². The number of methoxy groups -OCH3 is 1. The fraction of sp³-hybridized carbons (Fsp3) is 0.235. The van der Waals surface area contributed by atoms with E-state index in [9.17, 15) is 13.6 Å². The van der Waals surface area contributed by atoms with Crippen LogP contribution in [-0.2, 0) is 6.54 Å². The van der Waals surface area contributed by atoms with E-state index in [1.54, 1.807) is 31.3 Å². The second-order valence-corrected chi connectivity index (χ2v) is 5.86. The van der Waals surface area contributed by atoms with Gasteiger partial charge in [0.1, 0.15) is 0 Å². The van der Waals surface area contributed by atoms with Gasteiger partial charge in [-0.3, -0.25) is 4.79 Å². The van der Waals surface area contributed by atoms with Gasteiger partial charge >= 0.3 is 6.61 Å². The maximum absolute atomic E-state index is 12.5. The number of hydrogen-bond donors (Lipinski definition) is 0. The summed E-state index contributed by atoms with van der Waals surface area (Å²) in [7, 11) is 3.01. The van der Waals surface area contributed by atoms with Crippen molar-refractivity contribution in [2.45, 2.75) is 13.2 Å². The van der Waals surface area contributed by atoms with Crippen molar-refractivity contribution in [3.63, 3.8) is 0 Å². The molecule has 7 heteroatoms. The van der Waals surface area contributed by atoms with Gasteiger partial charge in [0.2, 0.25) is 0 Å². The molecule has 2 aromatic carbocycles. The van der Waals surface area contributed by atoms with E-state index in [2.05, 4.69) is 20.7 Å². The monoisotopic (exact) mass is 399 g/mol. The van der Waals surface area contributed by atoms with Gasteiger partial charge in [-0.15, -0.1) is 0 Å². The van der Waals surface area contributed by atoms with Crippen LogP contribution in [0.4, 0.5) is 8.78 Å². The minimum atomic E-state index is -2.95. The molecule has 1 amide bonds. The zero-order valence-corrected chi connectivity index (χ0v) is 14.7. The molecule has 0 spiro atoms. The molecule has 0 radical (unpaired) electrons. The van der Waals surface area contributed by atoms with Crippen molar-refractivity contribution in [3.8, 4) is 11.5 Å². The van der Waals surface area contributed by atoms with Gasteiger partial charge in [-0.25, -0.2) is 0 Å². The summed E-state index contributed by atoms with van der Waals surface area (Å²) in [5, 5.41) is 0. The molecule has 0 N–H and O–H groups in total. The molecular formula is C17H16BrF2NO3. The van der Waals surface area contributed by atoms with Gasteiger partial charge in [0.05, 0.1) is 12.7 Å². The number of rotatable bonds is 6. The zero-order chi connectivity index (χ0) is 17.7. The van der Waals surface area contributed by atoms with Crippen molar-refractivity contribution in [1.29, 1.82) is 0 Å². The first kappa shape index (κ1) is 18.2. The summed E-state index contributed by atoms with van der Waals surface area (Å²) in [5.74, 6) is -0.0415. The Balaban J connectivity index is 2.18. The maximum atomic E-state index is 12.5. The molecule has 0 fully saturated rings. The highest BCUT2D eigenvalue weighted by molar-refractivity contribution is 9.10. The van der Waals surface area contributed by atoms with E-state index < -0.39 is 6.61 Å². The van der Waals surface area contributed by atoms with Crippen LogP contribution in [0.1, 0.15) is 15.9 Å². The van der Waals surface area contributed by atoms with Crippen LogP contribution in [0.3, 0.4) is 0 Å². The van der Waals surface area contributed by atoms with Crippen LogP contribution in [0.5, 0.6) is 11.5 Å². The molecule has 0 bridgehead atoms. The third-order valence-corrected chi connectivity index (χ3v) is 4.01. The van der Waals surface area contributed by atoms with Crippen LogP contribution in [-0.4, -0.2) is 31.6 Å². The molecule has 0 aromatic heterocycles. The highest BCUT2D eigenvalue weighted by Gasteiger charge is 2.16. The molecule has 0 unspecified atom stereocenters. The second-order valence-electron chi connectivity index (χ2n) is 5.00. The molecule has 0 aliphatic carbocycles. The van der Waals surface area contributed by atoms with Crippen molar-refractivity contribution in [2.24, 2.45) is 0 Å². The van der Waals surface area contributed by atoms with Crippen LogP contribution in [0, 0.1) is 0 Å². The average Bonchev–Trinajstić information content (AvgIpc) is 2.54. The van der Waals surface area contributed by atoms with Gasteiger partial charge in [0.15, 0.2) is 11.5 Å². The Kier molecular flexibility index (Phi) is 6.14. The number of benzene rings is 2. The lowest BCUT2D eigenvalue weighted by Crippen LogP contribution is -2.26. The lowest BCUT2D eigenvalue weighted by Gasteiger charge is -2.19. The second kappa shape index (κ2) is 8.10. The van der Waals surface area contributed by atoms with Crippen molar-refractivity contribution < 1.29 is 23.0 Å². The molecule has 24 heavy (non-hydrogen) atoms. The quantitative estimate of drug-likeness (QED) is 0.725. The molecule has 2 aromatic rings. The molecule has 0 saturated carbocycles. The summed E-state index contributed by atoms with van der Waals surface area (Å²) in [6, 6.07) is 11.7. The molecule has 0 saturated heterocycles. The van der Waals surface area contributed by atoms with E-state index in [0.29, 0.717) is 15.6 Å². The van der Waals surface area contributed by atoms with E-state index in [1.807, 2.05) is 6.07 Å². The number of alkyl halides is 2. The summed E-state index contributed by atoms with van der Waals surface area (Å²) in [6.45, 7) is -2.71. The predicted molar refractivity (Wildman–Crippen MR) is 89.6 cm³/mol. The fourth-order valence-electron chi connectivity index (χ4n) is 2.19. The van der Waals surface area contributed by atoms with E-state index in [4.69, 9.17) is 4.74 Å². The lowest BCUT2D eigenvalue weighted by molar-refractivity contribution is -0.0512. The summed E-state index contributed by atoms with van der Waals surface area (Å²) < 4.78 is 35.1. The number of amides is 1. The number of ether oxygens (including phenoxy) is 2. The standard InChI is InChI=1S/C17H16BrF2NO3/c1-21(16(22)12-5-3-4-6-13(12)18)10-11-7-8-14(23-2)15(9-11)24-17(19)20/h3-9,17H,10H2,1-2H3. The predicted octanol–water partition coefficient (Wildman–Crippen LogP) is 4.33. The molecule has 0 heterocycles. The Hall–Kier alpha value is -2.15. The maximum Gasteiger partial charge on any atom is 0.387 e. The number of carbonyl (C=O) groups excluding carboxylic acids is 1. The third kappa shape index (κ3) is 4.44. The van der Waals surface area contributed by atoms with Crippen LogP contribution in [0.25, 0.3) is 0 Å². The van der Waals surface area contributed by atoms with Crippen molar-refractivity contribution >= 4 is 21.8 Å². The summed E-state index contributed by atoms with van der Waals surface area (Å²) in [6.07, 6.45) is 0. The van der Waals surface area contributed by atoms with Gasteiger partial charge in [0, 0.05) is 18.1 Å². The number of carbonyl (C=O) groups is 1. The fourth-order valence-corrected chi connectivity index (χ4v) is 2.65. The Labute approximate surface area is 147 Å². The smallest absolute Gasteiger partial charge is 0.387 e. The number of halogens is 3. The summed E-state index contributed by atoms with van der Waals surface area (Å²) in [4.78, 5) is 14.0. The van der Waals surface area contributed by atoms with Crippen molar-refractivity contribution in [2.75, 3.05) is 14.2 Å². The van der Waals surface area contributed by atoms with E-state index in [0.717, 1.165) is 0 Å². The summed E-state index contributed by atoms with van der Waals surface area (Å²) in [5.41, 5.74) is 1.17. The van der Waals surface area contributed by atoms with Gasteiger partial charge in [0.25, 0.3) is 5.91 Å². The minimum Gasteiger partial charge on any atom is -0.493 e. The molecule has 0 atom stereocenters. The molecular weight excluding hydrogens is 384 g/mol. The topological polar surface area (TPSA) is 38.8 Å². The Morgan fingerprint density at radius 2 is 1.92 bits per heavy atom. The SMILES string of the molecule is COc1ccc(CN(C)C(=O)c2ccccc2Br)cc1OC(F)F. The number of nitrogens with zero attached hydrogens (tertiary/aromatic N) is 1.